The van der Waals surface area contributed by atoms with Crippen molar-refractivity contribution in [2.45, 2.75) is 13.0 Å². The number of hydrogen-bond acceptors (Lipinski definition) is 2. The molecule has 72 valence electrons. The van der Waals surface area contributed by atoms with E-state index in [0.29, 0.717) is 14.2 Å². The van der Waals surface area contributed by atoms with Crippen LogP contribution in [0, 0.1) is 0 Å². The molecule has 1 heterocycles. The van der Waals surface area contributed by atoms with Crippen molar-refractivity contribution < 1.29 is 9.90 Å². The standard InChI is InChI=1S/C6H5Br2ClN2O2/c1-2(6(12)13)11-5(8)3(9)4(7)10-11/h2H,1H3,(H,12,13). The fourth-order valence-corrected chi connectivity index (χ4v) is 2.05. The molecule has 7 heteroatoms. The summed E-state index contributed by atoms with van der Waals surface area (Å²) < 4.78 is 2.17. The van der Waals surface area contributed by atoms with Gasteiger partial charge in [-0.2, -0.15) is 5.10 Å². The molecule has 0 amide bonds. The molecule has 0 radical (unpaired) electrons. The predicted octanol–water partition coefficient (Wildman–Crippen LogP) is 2.71. The Balaban J connectivity index is 3.15. The summed E-state index contributed by atoms with van der Waals surface area (Å²) in [5.41, 5.74) is 0. The lowest BCUT2D eigenvalue weighted by Gasteiger charge is -2.07. The van der Waals surface area contributed by atoms with Crippen LogP contribution in [0.15, 0.2) is 9.21 Å². The zero-order valence-corrected chi connectivity index (χ0v) is 10.4. The van der Waals surface area contributed by atoms with Crippen LogP contribution in [0.1, 0.15) is 13.0 Å². The molecule has 0 aliphatic carbocycles. The number of rotatable bonds is 2. The predicted molar refractivity (Wildman–Crippen MR) is 55.0 cm³/mol. The maximum Gasteiger partial charge on any atom is 0.328 e. The van der Waals surface area contributed by atoms with Gasteiger partial charge < -0.3 is 5.11 Å². The Hall–Kier alpha value is -0.0700. The molecule has 0 spiro atoms. The van der Waals surface area contributed by atoms with E-state index in [1.807, 2.05) is 0 Å². The Morgan fingerprint density at radius 2 is 2.23 bits per heavy atom. The average Bonchev–Trinajstić information content (AvgIpc) is 2.31. The first-order valence-electron chi connectivity index (χ1n) is 3.27. The summed E-state index contributed by atoms with van der Waals surface area (Å²) in [6.45, 7) is 1.52. The zero-order chi connectivity index (χ0) is 10.2. The van der Waals surface area contributed by atoms with Gasteiger partial charge in [0, 0.05) is 0 Å². The third kappa shape index (κ3) is 2.05. The zero-order valence-electron chi connectivity index (χ0n) is 6.46. The molecule has 1 rings (SSSR count). The number of carbonyl (C=O) groups is 1. The highest BCUT2D eigenvalue weighted by atomic mass is 79.9. The summed E-state index contributed by atoms with van der Waals surface area (Å²) in [5.74, 6) is -0.965. The minimum Gasteiger partial charge on any atom is -0.480 e. The summed E-state index contributed by atoms with van der Waals surface area (Å²) in [4.78, 5) is 10.6. The van der Waals surface area contributed by atoms with E-state index in [9.17, 15) is 4.79 Å². The average molecular weight is 332 g/mol. The van der Waals surface area contributed by atoms with Crippen molar-refractivity contribution in [1.29, 1.82) is 0 Å². The lowest BCUT2D eigenvalue weighted by Crippen LogP contribution is -2.16. The molecule has 4 nitrogen and oxygen atoms in total. The number of aromatic nitrogens is 2. The molecule has 1 aromatic heterocycles. The van der Waals surface area contributed by atoms with Crippen LogP contribution in [0.25, 0.3) is 0 Å². The smallest absolute Gasteiger partial charge is 0.328 e. The summed E-state index contributed by atoms with van der Waals surface area (Å²) in [7, 11) is 0. The van der Waals surface area contributed by atoms with Gasteiger partial charge in [-0.3, -0.25) is 0 Å². The Labute approximate surface area is 96.1 Å². The van der Waals surface area contributed by atoms with Crippen LogP contribution >= 0.6 is 43.5 Å². The van der Waals surface area contributed by atoms with E-state index < -0.39 is 12.0 Å². The van der Waals surface area contributed by atoms with Gasteiger partial charge in [0.15, 0.2) is 0 Å². The third-order valence-electron chi connectivity index (χ3n) is 1.48. The van der Waals surface area contributed by atoms with Gasteiger partial charge >= 0.3 is 5.97 Å². The van der Waals surface area contributed by atoms with Crippen LogP contribution in [-0.4, -0.2) is 20.9 Å². The van der Waals surface area contributed by atoms with Gasteiger partial charge in [0.25, 0.3) is 0 Å². The molecule has 0 saturated heterocycles. The van der Waals surface area contributed by atoms with Crippen LogP contribution < -0.4 is 0 Å². The van der Waals surface area contributed by atoms with Crippen LogP contribution in [0.3, 0.4) is 0 Å². The number of carboxylic acids is 1. The Bertz CT molecular complexity index is 353. The lowest BCUT2D eigenvalue weighted by atomic mass is 10.4. The highest BCUT2D eigenvalue weighted by Crippen LogP contribution is 2.31. The van der Waals surface area contributed by atoms with E-state index >= 15 is 0 Å². The van der Waals surface area contributed by atoms with Crippen LogP contribution in [0.4, 0.5) is 0 Å². The van der Waals surface area contributed by atoms with E-state index in [4.69, 9.17) is 16.7 Å². The molecule has 0 saturated carbocycles. The largest absolute Gasteiger partial charge is 0.480 e. The van der Waals surface area contributed by atoms with Crippen molar-refractivity contribution in [2.24, 2.45) is 0 Å². The Morgan fingerprint density at radius 1 is 1.69 bits per heavy atom. The molecule has 1 atom stereocenters. The van der Waals surface area contributed by atoms with Crippen LogP contribution in [0.5, 0.6) is 0 Å². The number of nitrogens with zero attached hydrogens (tertiary/aromatic N) is 2. The van der Waals surface area contributed by atoms with Gasteiger partial charge in [-0.25, -0.2) is 9.48 Å². The first-order valence-corrected chi connectivity index (χ1v) is 5.23. The highest BCUT2D eigenvalue weighted by Gasteiger charge is 2.20. The Morgan fingerprint density at radius 3 is 2.54 bits per heavy atom. The van der Waals surface area contributed by atoms with Crippen molar-refractivity contribution in [1.82, 2.24) is 9.78 Å². The van der Waals surface area contributed by atoms with Crippen molar-refractivity contribution in [3.05, 3.63) is 14.2 Å². The maximum atomic E-state index is 10.6. The fourth-order valence-electron chi connectivity index (χ4n) is 0.729. The van der Waals surface area contributed by atoms with Crippen molar-refractivity contribution in [2.75, 3.05) is 0 Å². The summed E-state index contributed by atoms with van der Waals surface area (Å²) in [6.07, 6.45) is 0. The molecule has 0 aliphatic heterocycles. The number of aliphatic carboxylic acids is 1. The third-order valence-corrected chi connectivity index (χ3v) is 3.61. The number of carboxylic acid groups (broad SMARTS) is 1. The van der Waals surface area contributed by atoms with Crippen LogP contribution in [-0.2, 0) is 4.79 Å². The molecule has 0 aliphatic rings. The Kier molecular flexibility index (Phi) is 3.37. The topological polar surface area (TPSA) is 55.1 Å². The van der Waals surface area contributed by atoms with Gasteiger partial charge in [0.05, 0.1) is 0 Å². The van der Waals surface area contributed by atoms with Gasteiger partial charge in [-0.05, 0) is 38.8 Å². The summed E-state index contributed by atoms with van der Waals surface area (Å²) in [5, 5.41) is 13.0. The van der Waals surface area contributed by atoms with E-state index in [2.05, 4.69) is 37.0 Å². The van der Waals surface area contributed by atoms with E-state index in [0.717, 1.165) is 0 Å². The first kappa shape index (κ1) is 11.0. The molecule has 1 N–H and O–H groups in total. The SMILES string of the molecule is CC(C(=O)O)n1nc(Br)c(Cl)c1Br. The van der Waals surface area contributed by atoms with E-state index in [1.165, 1.54) is 11.6 Å². The highest BCUT2D eigenvalue weighted by molar-refractivity contribution is 9.11. The molecule has 13 heavy (non-hydrogen) atoms. The summed E-state index contributed by atoms with van der Waals surface area (Å²) in [6, 6.07) is -0.752. The molecule has 0 bridgehead atoms. The molecule has 1 aromatic rings. The lowest BCUT2D eigenvalue weighted by molar-refractivity contribution is -0.140. The molecular formula is C6H5Br2ClN2O2. The fraction of sp³-hybridized carbons (Fsp3) is 0.333. The second kappa shape index (κ2) is 3.98. The minimum atomic E-state index is -0.965. The molecular weight excluding hydrogens is 327 g/mol. The normalized spacial score (nSPS) is 12.9. The van der Waals surface area contributed by atoms with E-state index in [1.54, 1.807) is 0 Å². The van der Waals surface area contributed by atoms with Crippen LogP contribution in [0.2, 0.25) is 5.02 Å². The maximum absolute atomic E-state index is 10.6. The van der Waals surface area contributed by atoms with Gasteiger partial charge in [0.2, 0.25) is 0 Å². The first-order chi connectivity index (χ1) is 5.95. The van der Waals surface area contributed by atoms with Gasteiger partial charge in [0.1, 0.15) is 20.3 Å². The molecule has 1 unspecified atom stereocenters. The monoisotopic (exact) mass is 330 g/mol. The van der Waals surface area contributed by atoms with E-state index in [-0.39, 0.29) is 0 Å². The quantitative estimate of drug-likeness (QED) is 0.906. The second-order valence-corrected chi connectivity index (χ2v) is 4.23. The second-order valence-electron chi connectivity index (χ2n) is 2.35. The van der Waals surface area contributed by atoms with Gasteiger partial charge in [-0.15, -0.1) is 0 Å². The van der Waals surface area contributed by atoms with Gasteiger partial charge in [-0.1, -0.05) is 11.6 Å². The molecule has 0 fully saturated rings. The van der Waals surface area contributed by atoms with Crippen molar-refractivity contribution >= 4 is 49.4 Å². The van der Waals surface area contributed by atoms with Crippen molar-refractivity contribution in [3.63, 3.8) is 0 Å². The number of hydrogen-bond donors (Lipinski definition) is 1. The molecule has 0 aromatic carbocycles. The minimum absolute atomic E-state index is 0.369. The van der Waals surface area contributed by atoms with Crippen molar-refractivity contribution in [3.8, 4) is 0 Å². The summed E-state index contributed by atoms with van der Waals surface area (Å²) >= 11 is 12.0. The number of halogens is 3.